The Balaban J connectivity index is 2.53. The fourth-order valence-electron chi connectivity index (χ4n) is 1.63. The summed E-state index contributed by atoms with van der Waals surface area (Å²) in [4.78, 5) is 4.34. The van der Waals surface area contributed by atoms with Gasteiger partial charge in [-0.15, -0.1) is 0 Å². The minimum atomic E-state index is 0.510. The second-order valence-corrected chi connectivity index (χ2v) is 4.18. The van der Waals surface area contributed by atoms with E-state index in [1.54, 1.807) is 7.11 Å². The van der Waals surface area contributed by atoms with E-state index in [4.69, 9.17) is 10.5 Å². The SMILES string of the molecule is CCCCNC(N)=NCc1ccccc1COC. The molecule has 1 aromatic rings. The minimum Gasteiger partial charge on any atom is -0.380 e. The van der Waals surface area contributed by atoms with Gasteiger partial charge in [-0.1, -0.05) is 37.6 Å². The normalized spacial score (nSPS) is 11.6. The smallest absolute Gasteiger partial charge is 0.188 e. The summed E-state index contributed by atoms with van der Waals surface area (Å²) in [6.07, 6.45) is 2.26. The topological polar surface area (TPSA) is 59.6 Å². The summed E-state index contributed by atoms with van der Waals surface area (Å²) in [7, 11) is 1.70. The first kappa shape index (κ1) is 14.5. The molecule has 0 atom stereocenters. The molecule has 0 heterocycles. The molecule has 0 saturated carbocycles. The van der Waals surface area contributed by atoms with Crippen LogP contribution in [-0.4, -0.2) is 19.6 Å². The van der Waals surface area contributed by atoms with Crippen LogP contribution in [0.5, 0.6) is 0 Å². The summed E-state index contributed by atoms with van der Waals surface area (Å²) in [5, 5.41) is 3.10. The van der Waals surface area contributed by atoms with Gasteiger partial charge in [-0.25, -0.2) is 4.99 Å². The highest BCUT2D eigenvalue weighted by Gasteiger charge is 2.00. The Morgan fingerprint density at radius 2 is 2.06 bits per heavy atom. The van der Waals surface area contributed by atoms with E-state index in [0.29, 0.717) is 19.1 Å². The molecular weight excluding hydrogens is 226 g/mol. The highest BCUT2D eigenvalue weighted by molar-refractivity contribution is 5.77. The van der Waals surface area contributed by atoms with Crippen LogP contribution in [0.2, 0.25) is 0 Å². The minimum absolute atomic E-state index is 0.510. The van der Waals surface area contributed by atoms with E-state index in [1.807, 2.05) is 12.1 Å². The Bertz CT molecular complexity index is 377. The van der Waals surface area contributed by atoms with Crippen molar-refractivity contribution in [3.05, 3.63) is 35.4 Å². The Morgan fingerprint density at radius 3 is 2.72 bits per heavy atom. The molecule has 0 spiro atoms. The molecular formula is C14H23N3O. The van der Waals surface area contributed by atoms with Crippen molar-refractivity contribution < 1.29 is 4.74 Å². The van der Waals surface area contributed by atoms with Crippen LogP contribution in [0.15, 0.2) is 29.3 Å². The summed E-state index contributed by atoms with van der Waals surface area (Å²) in [6.45, 7) is 4.22. The Labute approximate surface area is 109 Å². The number of unbranched alkanes of at least 4 members (excludes halogenated alkanes) is 1. The predicted molar refractivity (Wildman–Crippen MR) is 75.4 cm³/mol. The van der Waals surface area contributed by atoms with Gasteiger partial charge in [0.1, 0.15) is 0 Å². The lowest BCUT2D eigenvalue weighted by Gasteiger charge is -2.08. The van der Waals surface area contributed by atoms with Gasteiger partial charge in [-0.05, 0) is 17.5 Å². The number of hydrogen-bond donors (Lipinski definition) is 2. The van der Waals surface area contributed by atoms with Gasteiger partial charge in [-0.2, -0.15) is 0 Å². The zero-order valence-electron chi connectivity index (χ0n) is 11.3. The molecule has 3 N–H and O–H groups in total. The Hall–Kier alpha value is -1.55. The van der Waals surface area contributed by atoms with Crippen molar-refractivity contribution in [2.45, 2.75) is 32.9 Å². The molecule has 0 radical (unpaired) electrons. The lowest BCUT2D eigenvalue weighted by atomic mass is 10.1. The molecule has 0 aliphatic heterocycles. The van der Waals surface area contributed by atoms with Crippen LogP contribution < -0.4 is 11.1 Å². The molecule has 1 rings (SSSR count). The standard InChI is InChI=1S/C14H23N3O/c1-3-4-9-16-14(15)17-10-12-7-5-6-8-13(12)11-18-2/h5-8H,3-4,9-11H2,1-2H3,(H3,15,16,17). The third-order valence-electron chi connectivity index (χ3n) is 2.67. The van der Waals surface area contributed by atoms with Crippen molar-refractivity contribution in [1.29, 1.82) is 0 Å². The van der Waals surface area contributed by atoms with Crippen molar-refractivity contribution in [3.63, 3.8) is 0 Å². The lowest BCUT2D eigenvalue weighted by Crippen LogP contribution is -2.32. The Morgan fingerprint density at radius 1 is 1.33 bits per heavy atom. The largest absolute Gasteiger partial charge is 0.380 e. The first-order chi connectivity index (χ1) is 8.77. The molecule has 4 nitrogen and oxygen atoms in total. The zero-order chi connectivity index (χ0) is 13.2. The second-order valence-electron chi connectivity index (χ2n) is 4.18. The quantitative estimate of drug-likeness (QED) is 0.441. The van der Waals surface area contributed by atoms with Gasteiger partial charge < -0.3 is 15.8 Å². The van der Waals surface area contributed by atoms with E-state index in [0.717, 1.165) is 30.5 Å². The van der Waals surface area contributed by atoms with Crippen LogP contribution in [0.1, 0.15) is 30.9 Å². The average molecular weight is 249 g/mol. The van der Waals surface area contributed by atoms with Crippen molar-refractivity contribution >= 4 is 5.96 Å². The highest BCUT2D eigenvalue weighted by atomic mass is 16.5. The van der Waals surface area contributed by atoms with Crippen LogP contribution in [0, 0.1) is 0 Å². The number of rotatable bonds is 7. The van der Waals surface area contributed by atoms with Crippen molar-refractivity contribution in [1.82, 2.24) is 5.32 Å². The maximum absolute atomic E-state index is 5.79. The van der Waals surface area contributed by atoms with E-state index in [2.05, 4.69) is 29.4 Å². The number of nitrogens with zero attached hydrogens (tertiary/aromatic N) is 1. The summed E-state index contributed by atoms with van der Waals surface area (Å²) in [6, 6.07) is 8.11. The third-order valence-corrected chi connectivity index (χ3v) is 2.67. The van der Waals surface area contributed by atoms with Crippen LogP contribution >= 0.6 is 0 Å². The molecule has 18 heavy (non-hydrogen) atoms. The molecule has 0 saturated heterocycles. The van der Waals surface area contributed by atoms with Gasteiger partial charge in [0.2, 0.25) is 0 Å². The maximum Gasteiger partial charge on any atom is 0.188 e. The van der Waals surface area contributed by atoms with E-state index in [1.165, 1.54) is 0 Å². The van der Waals surface area contributed by atoms with Crippen molar-refractivity contribution in [3.8, 4) is 0 Å². The lowest BCUT2D eigenvalue weighted by molar-refractivity contribution is 0.184. The van der Waals surface area contributed by atoms with Gasteiger partial charge >= 0.3 is 0 Å². The number of aliphatic imine (C=N–C) groups is 1. The van der Waals surface area contributed by atoms with E-state index in [-0.39, 0.29) is 0 Å². The molecule has 1 aromatic carbocycles. The van der Waals surface area contributed by atoms with Gasteiger partial charge in [0.15, 0.2) is 5.96 Å². The number of nitrogens with one attached hydrogen (secondary N) is 1. The van der Waals surface area contributed by atoms with Crippen molar-refractivity contribution in [2.75, 3.05) is 13.7 Å². The van der Waals surface area contributed by atoms with Crippen LogP contribution in [0.3, 0.4) is 0 Å². The first-order valence-electron chi connectivity index (χ1n) is 6.37. The van der Waals surface area contributed by atoms with Gasteiger partial charge in [0, 0.05) is 13.7 Å². The first-order valence-corrected chi connectivity index (χ1v) is 6.37. The van der Waals surface area contributed by atoms with Crippen molar-refractivity contribution in [2.24, 2.45) is 10.7 Å². The predicted octanol–water partition coefficient (Wildman–Crippen LogP) is 2.04. The number of ether oxygens (including phenoxy) is 1. The van der Waals surface area contributed by atoms with Crippen LogP contribution in [-0.2, 0) is 17.9 Å². The third kappa shape index (κ3) is 5.19. The number of nitrogens with two attached hydrogens (primary N) is 1. The average Bonchev–Trinajstić information content (AvgIpc) is 2.38. The summed E-state index contributed by atoms with van der Waals surface area (Å²) < 4.78 is 5.16. The van der Waals surface area contributed by atoms with E-state index >= 15 is 0 Å². The number of methoxy groups -OCH3 is 1. The number of hydrogen-bond acceptors (Lipinski definition) is 2. The second kappa shape index (κ2) is 8.53. The molecule has 4 heteroatoms. The van der Waals surface area contributed by atoms with Gasteiger partial charge in [0.05, 0.1) is 13.2 Å². The van der Waals surface area contributed by atoms with Crippen LogP contribution in [0.25, 0.3) is 0 Å². The Kier molecular flexibility index (Phi) is 6.87. The molecule has 0 bridgehead atoms. The molecule has 0 aliphatic carbocycles. The molecule has 0 amide bonds. The van der Waals surface area contributed by atoms with E-state index < -0.39 is 0 Å². The van der Waals surface area contributed by atoms with Gasteiger partial charge in [-0.3, -0.25) is 0 Å². The summed E-state index contributed by atoms with van der Waals surface area (Å²) in [5.41, 5.74) is 8.10. The van der Waals surface area contributed by atoms with Crippen LogP contribution in [0.4, 0.5) is 0 Å². The number of benzene rings is 1. The fourth-order valence-corrected chi connectivity index (χ4v) is 1.63. The molecule has 0 fully saturated rings. The molecule has 0 unspecified atom stereocenters. The fraction of sp³-hybridized carbons (Fsp3) is 0.500. The maximum atomic E-state index is 5.79. The monoisotopic (exact) mass is 249 g/mol. The summed E-state index contributed by atoms with van der Waals surface area (Å²) >= 11 is 0. The molecule has 0 aromatic heterocycles. The zero-order valence-corrected chi connectivity index (χ0v) is 11.3. The van der Waals surface area contributed by atoms with Gasteiger partial charge in [0.25, 0.3) is 0 Å². The van der Waals surface area contributed by atoms with E-state index in [9.17, 15) is 0 Å². The molecule has 0 aliphatic rings. The molecule has 100 valence electrons. The summed E-state index contributed by atoms with van der Waals surface area (Å²) in [5.74, 6) is 0.510. The number of guanidine groups is 1. The highest BCUT2D eigenvalue weighted by Crippen LogP contribution is 2.10.